The Morgan fingerprint density at radius 2 is 1.96 bits per heavy atom. The summed E-state index contributed by atoms with van der Waals surface area (Å²) in [6, 6.07) is 3.27. The molecule has 14 heteroatoms. The molecule has 1 saturated carbocycles. The van der Waals surface area contributed by atoms with E-state index in [1.165, 1.54) is 9.80 Å². The molecule has 1 aliphatic carbocycles. The molecule has 0 unspecified atom stereocenters. The molecule has 47 heavy (non-hydrogen) atoms. The first-order valence-electron chi connectivity index (χ1n) is 16.1. The van der Waals surface area contributed by atoms with Crippen molar-refractivity contribution in [1.82, 2.24) is 20.4 Å². The molecule has 3 aliphatic heterocycles. The molecule has 4 amide bonds. The second-order valence-electron chi connectivity index (χ2n) is 13.3. The van der Waals surface area contributed by atoms with Crippen molar-refractivity contribution >= 4 is 41.6 Å². The highest BCUT2D eigenvalue weighted by atomic mass is 35.5. The van der Waals surface area contributed by atoms with Gasteiger partial charge in [-0.25, -0.2) is 14.4 Å². The van der Waals surface area contributed by atoms with Gasteiger partial charge in [0.2, 0.25) is 11.8 Å². The van der Waals surface area contributed by atoms with Gasteiger partial charge in [-0.2, -0.15) is 0 Å². The Bertz CT molecular complexity index is 1430. The molecule has 0 aromatic heterocycles. The molecule has 2 fully saturated rings. The van der Waals surface area contributed by atoms with Gasteiger partial charge in [0.05, 0.1) is 26.3 Å². The highest BCUT2D eigenvalue weighted by molar-refractivity contribution is 6.31. The summed E-state index contributed by atoms with van der Waals surface area (Å²) in [5.74, 6) is -1.99. The van der Waals surface area contributed by atoms with Crippen molar-refractivity contribution in [3.8, 4) is 0 Å². The molecule has 5 rings (SSSR count). The molecule has 5 atom stereocenters. The lowest BCUT2D eigenvalue weighted by Gasteiger charge is -2.30. The molecule has 0 radical (unpaired) electrons. The highest BCUT2D eigenvalue weighted by Crippen LogP contribution is 2.46. The van der Waals surface area contributed by atoms with Crippen LogP contribution in [-0.4, -0.2) is 95.5 Å². The van der Waals surface area contributed by atoms with Gasteiger partial charge in [-0.1, -0.05) is 35.9 Å². The molecule has 1 aromatic rings. The van der Waals surface area contributed by atoms with E-state index in [1.807, 2.05) is 24.3 Å². The van der Waals surface area contributed by atoms with Crippen LogP contribution in [0.3, 0.4) is 0 Å². The zero-order chi connectivity index (χ0) is 33.9. The SMILES string of the molecule is CCOC(=O)[C@@]12C[C@H]1C=CCCOCC[C@H](NC(=O)OC(C)(C)C)C(=O)N1C[C@H](OC(=O)N3Cc4cccc(Cl)c4C3)C[C@H]1C(=O)N2. The molecule has 0 spiro atoms. The summed E-state index contributed by atoms with van der Waals surface area (Å²) >= 11 is 6.34. The van der Waals surface area contributed by atoms with Gasteiger partial charge in [0.25, 0.3) is 0 Å². The van der Waals surface area contributed by atoms with Crippen LogP contribution in [0.1, 0.15) is 64.5 Å². The molecule has 0 bridgehead atoms. The zero-order valence-electron chi connectivity index (χ0n) is 27.2. The van der Waals surface area contributed by atoms with E-state index in [2.05, 4.69) is 10.6 Å². The van der Waals surface area contributed by atoms with Gasteiger partial charge in [-0.15, -0.1) is 0 Å². The third kappa shape index (κ3) is 8.01. The number of hydrogen-bond acceptors (Lipinski definition) is 9. The van der Waals surface area contributed by atoms with Crippen molar-refractivity contribution in [2.24, 2.45) is 5.92 Å². The monoisotopic (exact) mass is 674 g/mol. The van der Waals surface area contributed by atoms with Crippen molar-refractivity contribution in [1.29, 1.82) is 0 Å². The summed E-state index contributed by atoms with van der Waals surface area (Å²) in [5.41, 5.74) is -0.329. The Balaban J connectivity index is 1.38. The maximum absolute atomic E-state index is 14.1. The minimum absolute atomic E-state index is 0.0140. The molecule has 4 aliphatic rings. The van der Waals surface area contributed by atoms with E-state index in [4.69, 9.17) is 30.5 Å². The number of nitrogens with one attached hydrogen (secondary N) is 2. The van der Waals surface area contributed by atoms with Crippen molar-refractivity contribution < 1.29 is 42.9 Å². The van der Waals surface area contributed by atoms with E-state index in [0.717, 1.165) is 11.1 Å². The van der Waals surface area contributed by atoms with E-state index in [9.17, 15) is 24.0 Å². The molecule has 1 aromatic carbocycles. The predicted octanol–water partition coefficient (Wildman–Crippen LogP) is 3.46. The maximum Gasteiger partial charge on any atom is 0.410 e. The summed E-state index contributed by atoms with van der Waals surface area (Å²) in [6.45, 7) is 7.93. The Kier molecular flexibility index (Phi) is 10.4. The van der Waals surface area contributed by atoms with Crippen LogP contribution >= 0.6 is 11.6 Å². The smallest absolute Gasteiger partial charge is 0.410 e. The number of carbonyl (C=O) groups is 5. The van der Waals surface area contributed by atoms with Crippen molar-refractivity contribution in [2.45, 2.75) is 95.8 Å². The van der Waals surface area contributed by atoms with E-state index in [0.29, 0.717) is 31.0 Å². The molecular weight excluding hydrogens is 632 g/mol. The van der Waals surface area contributed by atoms with Crippen LogP contribution in [0, 0.1) is 5.92 Å². The van der Waals surface area contributed by atoms with Gasteiger partial charge in [0.1, 0.15) is 29.3 Å². The number of fused-ring (bicyclic) bond motifs is 3. The molecule has 256 valence electrons. The van der Waals surface area contributed by atoms with E-state index >= 15 is 0 Å². The van der Waals surface area contributed by atoms with E-state index in [1.54, 1.807) is 33.8 Å². The number of carbonyl (C=O) groups excluding carboxylic acids is 5. The fraction of sp³-hybridized carbons (Fsp3) is 0.606. The van der Waals surface area contributed by atoms with Crippen LogP contribution in [0.25, 0.3) is 0 Å². The summed E-state index contributed by atoms with van der Waals surface area (Å²) in [4.78, 5) is 70.1. The van der Waals surface area contributed by atoms with Crippen LogP contribution in [-0.2, 0) is 46.4 Å². The lowest BCUT2D eigenvalue weighted by atomic mass is 10.1. The Labute approximate surface area is 279 Å². The molecule has 2 N–H and O–H groups in total. The number of nitrogens with zero attached hydrogens (tertiary/aromatic N) is 2. The van der Waals surface area contributed by atoms with Crippen molar-refractivity contribution in [3.63, 3.8) is 0 Å². The fourth-order valence-corrected chi connectivity index (χ4v) is 6.49. The lowest BCUT2D eigenvalue weighted by Crippen LogP contribution is -2.57. The zero-order valence-corrected chi connectivity index (χ0v) is 28.0. The Morgan fingerprint density at radius 3 is 2.68 bits per heavy atom. The number of alkyl carbamates (subject to hydrolysis) is 1. The number of halogens is 1. The normalized spacial score (nSPS) is 27.8. The number of ether oxygens (including phenoxy) is 4. The van der Waals surface area contributed by atoms with E-state index < -0.39 is 59.3 Å². The second kappa shape index (κ2) is 14.1. The largest absolute Gasteiger partial charge is 0.464 e. The van der Waals surface area contributed by atoms with Crippen molar-refractivity contribution in [3.05, 3.63) is 46.5 Å². The van der Waals surface area contributed by atoms with Gasteiger partial charge in [-0.3, -0.25) is 14.5 Å². The number of rotatable bonds is 4. The average Bonchev–Trinajstić information content (AvgIpc) is 3.31. The Hall–Kier alpha value is -3.84. The van der Waals surface area contributed by atoms with Gasteiger partial charge in [0.15, 0.2) is 0 Å². The first-order chi connectivity index (χ1) is 22.3. The predicted molar refractivity (Wildman–Crippen MR) is 169 cm³/mol. The summed E-state index contributed by atoms with van der Waals surface area (Å²) in [7, 11) is 0. The summed E-state index contributed by atoms with van der Waals surface area (Å²) in [6.07, 6.45) is 2.51. The Morgan fingerprint density at radius 1 is 1.17 bits per heavy atom. The minimum atomic E-state index is -1.27. The summed E-state index contributed by atoms with van der Waals surface area (Å²) < 4.78 is 22.4. The maximum atomic E-state index is 14.1. The number of esters is 1. The first kappa shape index (κ1) is 34.5. The van der Waals surface area contributed by atoms with Crippen LogP contribution in [0.5, 0.6) is 0 Å². The summed E-state index contributed by atoms with van der Waals surface area (Å²) in [5, 5.41) is 6.08. The number of amides is 4. The molecular formula is C33H43ClN4O9. The van der Waals surface area contributed by atoms with Gasteiger partial charge in [-0.05, 0) is 57.7 Å². The standard InChI is InChI=1S/C33H43ClN4O9/c1-5-45-29(41)33-16-21(33)10-6-7-13-44-14-12-25(35-30(42)47-32(2,3)4)28(40)38-18-22(15-26(38)27(39)36-33)46-31(43)37-17-20-9-8-11-24(34)23(20)19-37/h6,8-11,21-22,25-26H,5,7,12-19H2,1-4H3,(H,35,42)(H,36,39)/t21-,22-,25+,26+,33-/m1/s1. The topological polar surface area (TPSA) is 153 Å². The quantitative estimate of drug-likeness (QED) is 0.278. The van der Waals surface area contributed by atoms with Crippen molar-refractivity contribution in [2.75, 3.05) is 26.4 Å². The van der Waals surface area contributed by atoms with Gasteiger partial charge in [0, 0.05) is 36.9 Å². The number of hydrogen-bond donors (Lipinski definition) is 2. The molecule has 13 nitrogen and oxygen atoms in total. The minimum Gasteiger partial charge on any atom is -0.464 e. The fourth-order valence-electron chi connectivity index (χ4n) is 6.24. The van der Waals surface area contributed by atoms with Gasteiger partial charge >= 0.3 is 18.2 Å². The van der Waals surface area contributed by atoms with Crippen LogP contribution in [0.4, 0.5) is 9.59 Å². The third-order valence-electron chi connectivity index (χ3n) is 8.64. The second-order valence-corrected chi connectivity index (χ2v) is 13.7. The van der Waals surface area contributed by atoms with Gasteiger partial charge < -0.3 is 34.5 Å². The molecule has 3 heterocycles. The first-order valence-corrected chi connectivity index (χ1v) is 16.4. The molecule has 1 saturated heterocycles. The average molecular weight is 675 g/mol. The highest BCUT2D eigenvalue weighted by Gasteiger charge is 2.62. The van der Waals surface area contributed by atoms with Crippen LogP contribution < -0.4 is 10.6 Å². The van der Waals surface area contributed by atoms with Crippen LogP contribution in [0.15, 0.2) is 30.4 Å². The van der Waals surface area contributed by atoms with Crippen LogP contribution in [0.2, 0.25) is 5.02 Å². The third-order valence-corrected chi connectivity index (χ3v) is 8.99. The lowest BCUT2D eigenvalue weighted by molar-refractivity contribution is -0.150. The number of benzene rings is 1. The van der Waals surface area contributed by atoms with E-state index in [-0.39, 0.29) is 45.1 Å².